The van der Waals surface area contributed by atoms with Crippen molar-refractivity contribution in [3.63, 3.8) is 0 Å². The average molecular weight is 388 g/mol. The first kappa shape index (κ1) is 19.3. The molecule has 1 unspecified atom stereocenters. The van der Waals surface area contributed by atoms with Crippen LogP contribution in [0.25, 0.3) is 0 Å². The fourth-order valence-electron chi connectivity index (χ4n) is 3.27. The standard InChI is InChI=1S/C19H24N4O3S/c1-4-14-7-5-6-13(2)18(14)22-19(24)16-10-21-17(11-20-16)23(3)15-8-9-27(25,26)12-15/h5-7,10-11,15H,4,8-9,12H2,1-3H3,(H,22,24). The molecule has 8 heteroatoms. The summed E-state index contributed by atoms with van der Waals surface area (Å²) in [5.74, 6) is 0.565. The summed E-state index contributed by atoms with van der Waals surface area (Å²) >= 11 is 0. The van der Waals surface area contributed by atoms with E-state index in [2.05, 4.69) is 15.3 Å². The second-order valence-electron chi connectivity index (χ2n) is 6.84. The molecule has 1 aromatic carbocycles. The zero-order chi connectivity index (χ0) is 19.6. The molecular weight excluding hydrogens is 364 g/mol. The van der Waals surface area contributed by atoms with Gasteiger partial charge < -0.3 is 10.2 Å². The highest BCUT2D eigenvalue weighted by atomic mass is 32.2. The molecule has 1 fully saturated rings. The van der Waals surface area contributed by atoms with Gasteiger partial charge in [-0.1, -0.05) is 25.1 Å². The van der Waals surface area contributed by atoms with Crippen LogP contribution < -0.4 is 10.2 Å². The third-order valence-corrected chi connectivity index (χ3v) is 6.72. The van der Waals surface area contributed by atoms with Crippen molar-refractivity contribution in [3.8, 4) is 0 Å². The Bertz CT molecular complexity index is 942. The maximum atomic E-state index is 12.6. The molecule has 3 rings (SSSR count). The molecule has 27 heavy (non-hydrogen) atoms. The lowest BCUT2D eigenvalue weighted by atomic mass is 10.1. The second kappa shape index (κ2) is 7.64. The summed E-state index contributed by atoms with van der Waals surface area (Å²) in [6.45, 7) is 3.99. The van der Waals surface area contributed by atoms with E-state index in [0.717, 1.165) is 23.2 Å². The van der Waals surface area contributed by atoms with Gasteiger partial charge in [0, 0.05) is 18.8 Å². The molecule has 0 aliphatic carbocycles. The van der Waals surface area contributed by atoms with E-state index in [1.54, 1.807) is 7.05 Å². The summed E-state index contributed by atoms with van der Waals surface area (Å²) < 4.78 is 23.3. The summed E-state index contributed by atoms with van der Waals surface area (Å²) in [7, 11) is -1.17. The molecule has 1 aliphatic heterocycles. The zero-order valence-corrected chi connectivity index (χ0v) is 16.6. The van der Waals surface area contributed by atoms with Gasteiger partial charge in [0.05, 0.1) is 23.9 Å². The van der Waals surface area contributed by atoms with Crippen molar-refractivity contribution >= 4 is 27.2 Å². The highest BCUT2D eigenvalue weighted by molar-refractivity contribution is 7.91. The molecule has 0 spiro atoms. The van der Waals surface area contributed by atoms with Gasteiger partial charge in [-0.05, 0) is 30.9 Å². The molecule has 0 radical (unpaired) electrons. The van der Waals surface area contributed by atoms with Gasteiger partial charge in [-0.2, -0.15) is 0 Å². The lowest BCUT2D eigenvalue weighted by Crippen LogP contribution is -2.33. The Morgan fingerprint density at radius 1 is 1.30 bits per heavy atom. The Balaban J connectivity index is 1.73. The summed E-state index contributed by atoms with van der Waals surface area (Å²) in [5, 5.41) is 2.93. The fraction of sp³-hybridized carbons (Fsp3) is 0.421. The molecule has 1 amide bonds. The number of carbonyl (C=O) groups excluding carboxylic acids is 1. The van der Waals surface area contributed by atoms with Gasteiger partial charge in [0.25, 0.3) is 5.91 Å². The Morgan fingerprint density at radius 2 is 2.07 bits per heavy atom. The lowest BCUT2D eigenvalue weighted by Gasteiger charge is -2.24. The third kappa shape index (κ3) is 4.27. The van der Waals surface area contributed by atoms with E-state index in [0.29, 0.717) is 12.2 Å². The maximum Gasteiger partial charge on any atom is 0.275 e. The van der Waals surface area contributed by atoms with Crippen LogP contribution in [0.15, 0.2) is 30.6 Å². The van der Waals surface area contributed by atoms with E-state index < -0.39 is 9.84 Å². The minimum absolute atomic E-state index is 0.108. The van der Waals surface area contributed by atoms with E-state index in [1.807, 2.05) is 36.9 Å². The third-order valence-electron chi connectivity index (χ3n) is 4.97. The highest BCUT2D eigenvalue weighted by Crippen LogP contribution is 2.23. The van der Waals surface area contributed by atoms with E-state index in [-0.39, 0.29) is 29.1 Å². The summed E-state index contributed by atoms with van der Waals surface area (Å²) in [4.78, 5) is 22.9. The number of hydrogen-bond donors (Lipinski definition) is 1. The lowest BCUT2D eigenvalue weighted by molar-refractivity contribution is 0.102. The van der Waals surface area contributed by atoms with Crippen LogP contribution >= 0.6 is 0 Å². The van der Waals surface area contributed by atoms with Gasteiger partial charge in [-0.25, -0.2) is 18.4 Å². The van der Waals surface area contributed by atoms with Crippen LogP contribution in [0, 0.1) is 6.92 Å². The molecule has 1 atom stereocenters. The van der Waals surface area contributed by atoms with Crippen LogP contribution in [-0.4, -0.2) is 48.9 Å². The van der Waals surface area contributed by atoms with Crippen LogP contribution in [0.3, 0.4) is 0 Å². The minimum Gasteiger partial charge on any atom is -0.354 e. The Morgan fingerprint density at radius 3 is 2.67 bits per heavy atom. The first-order chi connectivity index (χ1) is 12.8. The van der Waals surface area contributed by atoms with Crippen LogP contribution in [0.5, 0.6) is 0 Å². The maximum absolute atomic E-state index is 12.6. The molecule has 2 heterocycles. The zero-order valence-electron chi connectivity index (χ0n) is 15.8. The summed E-state index contributed by atoms with van der Waals surface area (Å²) in [5.41, 5.74) is 3.09. The van der Waals surface area contributed by atoms with E-state index in [4.69, 9.17) is 0 Å². The quantitative estimate of drug-likeness (QED) is 0.844. The summed E-state index contributed by atoms with van der Waals surface area (Å²) in [6, 6.07) is 5.80. The average Bonchev–Trinajstić information content (AvgIpc) is 3.02. The van der Waals surface area contributed by atoms with Gasteiger partial charge in [0.1, 0.15) is 11.5 Å². The summed E-state index contributed by atoms with van der Waals surface area (Å²) in [6.07, 6.45) is 4.33. The number of amides is 1. The molecule has 2 aromatic rings. The van der Waals surface area contributed by atoms with Crippen molar-refractivity contribution in [2.75, 3.05) is 28.8 Å². The van der Waals surface area contributed by atoms with Gasteiger partial charge in [0.15, 0.2) is 9.84 Å². The Hall–Kier alpha value is -2.48. The first-order valence-corrected chi connectivity index (χ1v) is 10.8. The molecular formula is C19H24N4O3S. The highest BCUT2D eigenvalue weighted by Gasteiger charge is 2.31. The van der Waals surface area contributed by atoms with Crippen LogP contribution in [-0.2, 0) is 16.3 Å². The Labute approximate surface area is 159 Å². The van der Waals surface area contributed by atoms with Crippen molar-refractivity contribution < 1.29 is 13.2 Å². The number of nitrogens with zero attached hydrogens (tertiary/aromatic N) is 3. The largest absolute Gasteiger partial charge is 0.354 e. The van der Waals surface area contributed by atoms with Gasteiger partial charge >= 0.3 is 0 Å². The molecule has 0 bridgehead atoms. The van der Waals surface area contributed by atoms with Crippen LogP contribution in [0.4, 0.5) is 11.5 Å². The van der Waals surface area contributed by atoms with E-state index in [1.165, 1.54) is 12.4 Å². The van der Waals surface area contributed by atoms with Crippen LogP contribution in [0.2, 0.25) is 0 Å². The smallest absolute Gasteiger partial charge is 0.275 e. The molecule has 1 aliphatic rings. The SMILES string of the molecule is CCc1cccc(C)c1NC(=O)c1cnc(N(C)C2CCS(=O)(=O)C2)cn1. The van der Waals surface area contributed by atoms with Crippen molar-refractivity contribution in [2.24, 2.45) is 0 Å². The van der Waals surface area contributed by atoms with Gasteiger partial charge in [0.2, 0.25) is 0 Å². The molecule has 144 valence electrons. The number of anilines is 2. The number of hydrogen-bond acceptors (Lipinski definition) is 6. The predicted molar refractivity (Wildman–Crippen MR) is 106 cm³/mol. The first-order valence-electron chi connectivity index (χ1n) is 8.96. The minimum atomic E-state index is -2.97. The Kier molecular flexibility index (Phi) is 5.46. The number of nitrogens with one attached hydrogen (secondary N) is 1. The number of carbonyl (C=O) groups is 1. The fourth-order valence-corrected chi connectivity index (χ4v) is 5.04. The normalized spacial score (nSPS) is 18.3. The van der Waals surface area contributed by atoms with Crippen molar-refractivity contribution in [2.45, 2.75) is 32.7 Å². The van der Waals surface area contributed by atoms with Gasteiger partial charge in [-0.3, -0.25) is 4.79 Å². The second-order valence-corrected chi connectivity index (χ2v) is 9.07. The van der Waals surface area contributed by atoms with Crippen molar-refractivity contribution in [1.82, 2.24) is 9.97 Å². The molecule has 1 aromatic heterocycles. The molecule has 1 N–H and O–H groups in total. The number of benzene rings is 1. The number of aromatic nitrogens is 2. The monoisotopic (exact) mass is 388 g/mol. The number of para-hydroxylation sites is 1. The molecule has 7 nitrogen and oxygen atoms in total. The number of sulfone groups is 1. The van der Waals surface area contributed by atoms with Crippen LogP contribution in [0.1, 0.15) is 35.0 Å². The molecule has 1 saturated heterocycles. The number of rotatable bonds is 5. The molecule has 0 saturated carbocycles. The van der Waals surface area contributed by atoms with Crippen molar-refractivity contribution in [1.29, 1.82) is 0 Å². The van der Waals surface area contributed by atoms with Gasteiger partial charge in [-0.15, -0.1) is 0 Å². The van der Waals surface area contributed by atoms with E-state index >= 15 is 0 Å². The van der Waals surface area contributed by atoms with Crippen molar-refractivity contribution in [3.05, 3.63) is 47.4 Å². The predicted octanol–water partition coefficient (Wildman–Crippen LogP) is 2.22. The topological polar surface area (TPSA) is 92.3 Å². The van der Waals surface area contributed by atoms with E-state index in [9.17, 15) is 13.2 Å². The number of aryl methyl sites for hydroxylation is 2.